The van der Waals surface area contributed by atoms with Gasteiger partial charge in [0.2, 0.25) is 0 Å². The van der Waals surface area contributed by atoms with E-state index in [1.54, 1.807) is 0 Å². The first-order chi connectivity index (χ1) is 14.7. The molecule has 6 rings (SSSR count). The van der Waals surface area contributed by atoms with Crippen LogP contribution in [0.1, 0.15) is 78.6 Å². The van der Waals surface area contributed by atoms with Crippen molar-refractivity contribution in [3.05, 3.63) is 0 Å². The largest absolute Gasteiger partial charge is 0.393 e. The maximum atomic E-state index is 11.2. The predicted octanol–water partition coefficient (Wildman–Crippen LogP) is 4.71. The normalized spacial score (nSPS) is 63.3. The number of nitrogens with zero attached hydrogens (tertiary/aromatic N) is 1. The highest BCUT2D eigenvalue weighted by atomic mass is 16.3. The molecule has 0 radical (unpaired) electrons. The van der Waals surface area contributed by atoms with Crippen molar-refractivity contribution in [2.24, 2.45) is 58.7 Å². The van der Waals surface area contributed by atoms with Gasteiger partial charge < -0.3 is 14.7 Å². The first kappa shape index (κ1) is 21.4. The first-order valence-corrected chi connectivity index (χ1v) is 13.9. The molecule has 2 N–H and O–H groups in total. The van der Waals surface area contributed by atoms with Crippen LogP contribution in [-0.4, -0.2) is 53.1 Å². The van der Waals surface area contributed by atoms with E-state index in [-0.39, 0.29) is 17.6 Å². The van der Waals surface area contributed by atoms with E-state index in [0.717, 1.165) is 79.1 Å². The SMILES string of the molecule is C[C@@H]1CC[C@H]2[C@H](C)[C@H]3CC[C@@H]4[C@@H](C[C@H]5[C@H]4C[C@H](O)[C@H]4C[C@H](O)CC[C@@]45C)[C@@H]3C[N@@+]2(C)C1. The maximum Gasteiger partial charge on any atom is 0.0917 e. The van der Waals surface area contributed by atoms with Gasteiger partial charge in [0.05, 0.1) is 38.4 Å². The van der Waals surface area contributed by atoms with Crippen LogP contribution in [0.15, 0.2) is 0 Å². The van der Waals surface area contributed by atoms with Gasteiger partial charge in [0.15, 0.2) is 0 Å². The molecule has 2 heterocycles. The third kappa shape index (κ3) is 3.01. The average Bonchev–Trinajstić information content (AvgIpc) is 3.09. The lowest BCUT2D eigenvalue weighted by molar-refractivity contribution is -0.955. The molecule has 0 unspecified atom stereocenters. The molecule has 0 aromatic carbocycles. The molecule has 14 atom stereocenters. The van der Waals surface area contributed by atoms with E-state index in [1.807, 2.05) is 0 Å². The van der Waals surface area contributed by atoms with Crippen molar-refractivity contribution < 1.29 is 14.7 Å². The standard InChI is InChI=1S/C28H48NO2/c1-16-5-8-26-17(2)19-6-7-20-21(23(19)15-29(26,4)14-16)12-24-22(20)13-27(31)25-11-18(30)9-10-28(24,25)3/h16-27,30-31H,5-15H2,1-4H3/q+1/t16-,17-,18-,19-,20-,21-,22+,23-,24+,25-,26+,27+,28-,29-/m1/s1. The predicted molar refractivity (Wildman–Crippen MR) is 124 cm³/mol. The Balaban J connectivity index is 1.30. The lowest BCUT2D eigenvalue weighted by Gasteiger charge is -2.60. The van der Waals surface area contributed by atoms with E-state index >= 15 is 0 Å². The monoisotopic (exact) mass is 430 g/mol. The van der Waals surface area contributed by atoms with Crippen molar-refractivity contribution in [1.82, 2.24) is 0 Å². The summed E-state index contributed by atoms with van der Waals surface area (Å²) in [6.45, 7) is 10.5. The molecule has 2 saturated heterocycles. The topological polar surface area (TPSA) is 40.5 Å². The van der Waals surface area contributed by atoms with Gasteiger partial charge in [-0.25, -0.2) is 0 Å². The van der Waals surface area contributed by atoms with Crippen LogP contribution >= 0.6 is 0 Å². The van der Waals surface area contributed by atoms with Gasteiger partial charge in [-0.15, -0.1) is 0 Å². The van der Waals surface area contributed by atoms with E-state index in [9.17, 15) is 10.2 Å². The van der Waals surface area contributed by atoms with E-state index in [4.69, 9.17) is 0 Å². The highest BCUT2D eigenvalue weighted by molar-refractivity contribution is 5.11. The summed E-state index contributed by atoms with van der Waals surface area (Å²) in [5.74, 6) is 7.28. The summed E-state index contributed by atoms with van der Waals surface area (Å²) in [5, 5.41) is 21.6. The number of rotatable bonds is 0. The summed E-state index contributed by atoms with van der Waals surface area (Å²) in [7, 11) is 2.61. The second-order valence-corrected chi connectivity index (χ2v) is 14.0. The number of fused-ring (bicyclic) bond motifs is 8. The van der Waals surface area contributed by atoms with Crippen molar-refractivity contribution >= 4 is 0 Å². The fourth-order valence-electron chi connectivity index (χ4n) is 11.5. The minimum absolute atomic E-state index is 0.181. The highest BCUT2D eigenvalue weighted by Crippen LogP contribution is 2.67. The molecule has 6 fully saturated rings. The Morgan fingerprint density at radius 2 is 1.52 bits per heavy atom. The van der Waals surface area contributed by atoms with Crippen molar-refractivity contribution in [1.29, 1.82) is 0 Å². The molecule has 176 valence electrons. The van der Waals surface area contributed by atoms with Crippen LogP contribution in [0.3, 0.4) is 0 Å². The Morgan fingerprint density at radius 1 is 0.742 bits per heavy atom. The molecule has 0 aromatic rings. The molecule has 3 heteroatoms. The zero-order valence-corrected chi connectivity index (χ0v) is 20.5. The van der Waals surface area contributed by atoms with Crippen molar-refractivity contribution in [2.75, 3.05) is 20.1 Å². The lowest BCUT2D eigenvalue weighted by Crippen LogP contribution is -2.67. The molecule has 0 aromatic heterocycles. The van der Waals surface area contributed by atoms with E-state index < -0.39 is 0 Å². The molecule has 31 heavy (non-hydrogen) atoms. The molecule has 3 nitrogen and oxygen atoms in total. The lowest BCUT2D eigenvalue weighted by atomic mass is 9.51. The first-order valence-electron chi connectivity index (χ1n) is 13.9. The van der Waals surface area contributed by atoms with Gasteiger partial charge in [0.1, 0.15) is 0 Å². The Labute approximate surface area is 190 Å². The summed E-state index contributed by atoms with van der Waals surface area (Å²) in [6, 6.07) is 0.904. The molecular formula is C28H48NO2+. The quantitative estimate of drug-likeness (QED) is 0.547. The molecule has 2 aliphatic heterocycles. The molecule has 6 aliphatic rings. The Bertz CT molecular complexity index is 711. The number of piperidine rings is 2. The summed E-state index contributed by atoms with van der Waals surface area (Å²) in [5.41, 5.74) is 0.259. The van der Waals surface area contributed by atoms with E-state index in [2.05, 4.69) is 27.8 Å². The van der Waals surface area contributed by atoms with Crippen LogP contribution < -0.4 is 0 Å². The molecule has 0 spiro atoms. The van der Waals surface area contributed by atoms with Crippen LogP contribution in [0.5, 0.6) is 0 Å². The van der Waals surface area contributed by atoms with Crippen molar-refractivity contribution in [3.63, 3.8) is 0 Å². The average molecular weight is 431 g/mol. The highest BCUT2D eigenvalue weighted by Gasteiger charge is 2.64. The zero-order chi connectivity index (χ0) is 21.7. The summed E-state index contributed by atoms with van der Waals surface area (Å²) in [6.07, 6.45) is 10.8. The van der Waals surface area contributed by atoms with Crippen molar-refractivity contribution in [2.45, 2.75) is 96.8 Å². The number of aliphatic hydroxyl groups excluding tert-OH is 2. The van der Waals surface area contributed by atoms with Crippen LogP contribution in [0.25, 0.3) is 0 Å². The van der Waals surface area contributed by atoms with Crippen LogP contribution in [0, 0.1) is 58.7 Å². The van der Waals surface area contributed by atoms with Gasteiger partial charge >= 0.3 is 0 Å². The Hall–Kier alpha value is -0.120. The second kappa shape index (κ2) is 7.19. The van der Waals surface area contributed by atoms with Crippen LogP contribution in [0.2, 0.25) is 0 Å². The van der Waals surface area contributed by atoms with Crippen molar-refractivity contribution in [3.8, 4) is 0 Å². The third-order valence-corrected chi connectivity index (χ3v) is 12.7. The molecule has 4 saturated carbocycles. The Morgan fingerprint density at radius 3 is 2.32 bits per heavy atom. The van der Waals surface area contributed by atoms with E-state index in [0.29, 0.717) is 5.92 Å². The molecule has 4 aliphatic carbocycles. The van der Waals surface area contributed by atoms with E-state index in [1.165, 1.54) is 49.7 Å². The summed E-state index contributed by atoms with van der Waals surface area (Å²) in [4.78, 5) is 0. The van der Waals surface area contributed by atoms with Crippen LogP contribution in [-0.2, 0) is 0 Å². The van der Waals surface area contributed by atoms with Gasteiger partial charge in [0, 0.05) is 24.2 Å². The second-order valence-electron chi connectivity index (χ2n) is 14.0. The fraction of sp³-hybridized carbons (Fsp3) is 1.00. The zero-order valence-electron chi connectivity index (χ0n) is 20.5. The fourth-order valence-corrected chi connectivity index (χ4v) is 11.5. The van der Waals surface area contributed by atoms with Gasteiger partial charge in [-0.05, 0) is 92.3 Å². The minimum Gasteiger partial charge on any atom is -0.393 e. The third-order valence-electron chi connectivity index (χ3n) is 12.7. The minimum atomic E-state index is -0.181. The summed E-state index contributed by atoms with van der Waals surface area (Å²) < 4.78 is 1.36. The van der Waals surface area contributed by atoms with Gasteiger partial charge in [-0.3, -0.25) is 0 Å². The molecule has 0 bridgehead atoms. The maximum absolute atomic E-state index is 11.2. The Kier molecular flexibility index (Phi) is 4.97. The number of hydrogen-bond donors (Lipinski definition) is 2. The summed E-state index contributed by atoms with van der Waals surface area (Å²) >= 11 is 0. The number of quaternary nitrogens is 1. The smallest absolute Gasteiger partial charge is 0.0917 e. The van der Waals surface area contributed by atoms with Gasteiger partial charge in [-0.1, -0.05) is 20.8 Å². The van der Waals surface area contributed by atoms with Gasteiger partial charge in [-0.2, -0.15) is 0 Å². The van der Waals surface area contributed by atoms with Gasteiger partial charge in [0.25, 0.3) is 0 Å². The van der Waals surface area contributed by atoms with Crippen LogP contribution in [0.4, 0.5) is 0 Å². The molecular weight excluding hydrogens is 382 g/mol. The number of hydrogen-bond acceptors (Lipinski definition) is 2. The molecule has 0 amide bonds. The number of aliphatic hydroxyl groups is 2.